The summed E-state index contributed by atoms with van der Waals surface area (Å²) in [5.41, 5.74) is 1.61. The Labute approximate surface area is 159 Å². The van der Waals surface area contributed by atoms with Crippen LogP contribution in [0.25, 0.3) is 21.5 Å². The number of amides is 3. The molecule has 0 aliphatic carbocycles. The van der Waals surface area contributed by atoms with Crippen molar-refractivity contribution in [3.63, 3.8) is 0 Å². The van der Waals surface area contributed by atoms with Crippen LogP contribution in [0.4, 0.5) is 4.79 Å². The van der Waals surface area contributed by atoms with Gasteiger partial charge in [0.2, 0.25) is 0 Å². The van der Waals surface area contributed by atoms with Gasteiger partial charge in [0.05, 0.1) is 21.7 Å². The maximum Gasteiger partial charge on any atom is 0.339 e. The SMILES string of the molecule is CNC(=O)NC(=O)[C@H](C)OC(=O)c1cc(-c2cccs2)nc2ccccc12. The Morgan fingerprint density at radius 1 is 1.15 bits per heavy atom. The summed E-state index contributed by atoms with van der Waals surface area (Å²) in [5.74, 6) is -1.37. The highest BCUT2D eigenvalue weighted by atomic mass is 32.1. The van der Waals surface area contributed by atoms with Crippen molar-refractivity contribution in [1.29, 1.82) is 0 Å². The third-order valence-corrected chi connectivity index (χ3v) is 4.72. The molecule has 0 aliphatic rings. The molecule has 0 aliphatic heterocycles. The summed E-state index contributed by atoms with van der Waals surface area (Å²) in [6.45, 7) is 1.40. The highest BCUT2D eigenvalue weighted by Gasteiger charge is 2.22. The molecule has 0 saturated heterocycles. The number of benzene rings is 1. The van der Waals surface area contributed by atoms with Crippen LogP contribution >= 0.6 is 11.3 Å². The average molecular weight is 383 g/mol. The van der Waals surface area contributed by atoms with Crippen LogP contribution in [0.15, 0.2) is 47.8 Å². The number of carbonyl (C=O) groups excluding carboxylic acids is 3. The van der Waals surface area contributed by atoms with Gasteiger partial charge < -0.3 is 10.1 Å². The van der Waals surface area contributed by atoms with Gasteiger partial charge in [0, 0.05) is 12.4 Å². The van der Waals surface area contributed by atoms with Gasteiger partial charge in [0.1, 0.15) is 0 Å². The zero-order chi connectivity index (χ0) is 19.4. The molecule has 2 heterocycles. The van der Waals surface area contributed by atoms with E-state index >= 15 is 0 Å². The smallest absolute Gasteiger partial charge is 0.339 e. The maximum absolute atomic E-state index is 12.7. The van der Waals surface area contributed by atoms with Crippen LogP contribution in [-0.2, 0) is 9.53 Å². The number of pyridine rings is 1. The molecule has 2 N–H and O–H groups in total. The van der Waals surface area contributed by atoms with E-state index in [4.69, 9.17) is 4.74 Å². The fourth-order valence-corrected chi connectivity index (χ4v) is 3.13. The first-order valence-electron chi connectivity index (χ1n) is 8.17. The summed E-state index contributed by atoms with van der Waals surface area (Å²) in [5, 5.41) is 6.90. The lowest BCUT2D eigenvalue weighted by molar-refractivity contribution is -0.127. The number of hydrogen-bond donors (Lipinski definition) is 2. The summed E-state index contributed by atoms with van der Waals surface area (Å²) in [4.78, 5) is 41.4. The Morgan fingerprint density at radius 2 is 1.93 bits per heavy atom. The number of ether oxygens (including phenoxy) is 1. The van der Waals surface area contributed by atoms with Gasteiger partial charge in [-0.05, 0) is 30.5 Å². The summed E-state index contributed by atoms with van der Waals surface area (Å²) in [6, 6.07) is 12.0. The largest absolute Gasteiger partial charge is 0.449 e. The van der Waals surface area contributed by atoms with Gasteiger partial charge in [-0.2, -0.15) is 0 Å². The maximum atomic E-state index is 12.7. The molecule has 1 aromatic carbocycles. The molecule has 0 unspecified atom stereocenters. The molecule has 27 heavy (non-hydrogen) atoms. The third kappa shape index (κ3) is 4.12. The number of para-hydroxylation sites is 1. The quantitative estimate of drug-likeness (QED) is 0.675. The first-order valence-corrected chi connectivity index (χ1v) is 9.04. The van der Waals surface area contributed by atoms with Gasteiger partial charge in [0.25, 0.3) is 5.91 Å². The minimum absolute atomic E-state index is 0.309. The zero-order valence-corrected chi connectivity index (χ0v) is 15.5. The second-order valence-electron chi connectivity index (χ2n) is 5.67. The lowest BCUT2D eigenvalue weighted by Gasteiger charge is -2.14. The minimum Gasteiger partial charge on any atom is -0.449 e. The number of aromatic nitrogens is 1. The second kappa shape index (κ2) is 7.96. The van der Waals surface area contributed by atoms with Gasteiger partial charge in [-0.1, -0.05) is 24.3 Å². The molecular formula is C19H17N3O4S. The molecule has 3 rings (SSSR count). The van der Waals surface area contributed by atoms with Crippen molar-refractivity contribution in [2.75, 3.05) is 7.05 Å². The summed E-state index contributed by atoms with van der Waals surface area (Å²) >= 11 is 1.51. The number of hydrogen-bond acceptors (Lipinski definition) is 6. The molecule has 1 atom stereocenters. The Kier molecular flexibility index (Phi) is 5.46. The van der Waals surface area contributed by atoms with E-state index in [1.165, 1.54) is 25.3 Å². The van der Waals surface area contributed by atoms with Crippen LogP contribution < -0.4 is 10.6 Å². The molecule has 0 saturated carbocycles. The lowest BCUT2D eigenvalue weighted by Crippen LogP contribution is -2.43. The van der Waals surface area contributed by atoms with E-state index in [1.54, 1.807) is 18.2 Å². The van der Waals surface area contributed by atoms with Crippen molar-refractivity contribution in [2.45, 2.75) is 13.0 Å². The first-order chi connectivity index (χ1) is 13.0. The van der Waals surface area contributed by atoms with Crippen molar-refractivity contribution in [3.8, 4) is 10.6 Å². The van der Waals surface area contributed by atoms with Crippen LogP contribution in [0, 0.1) is 0 Å². The fraction of sp³-hybridized carbons (Fsp3) is 0.158. The van der Waals surface area contributed by atoms with Gasteiger partial charge >= 0.3 is 12.0 Å². The molecule has 138 valence electrons. The number of carbonyl (C=O) groups is 3. The van der Waals surface area contributed by atoms with E-state index in [0.717, 1.165) is 4.88 Å². The Balaban J connectivity index is 1.91. The number of fused-ring (bicyclic) bond motifs is 1. The van der Waals surface area contributed by atoms with E-state index < -0.39 is 24.0 Å². The molecule has 0 spiro atoms. The van der Waals surface area contributed by atoms with Crippen molar-refractivity contribution in [3.05, 3.63) is 53.4 Å². The van der Waals surface area contributed by atoms with E-state index in [0.29, 0.717) is 22.2 Å². The molecular weight excluding hydrogens is 366 g/mol. The zero-order valence-electron chi connectivity index (χ0n) is 14.7. The Hall–Kier alpha value is -3.26. The van der Waals surface area contributed by atoms with Crippen LogP contribution in [0.5, 0.6) is 0 Å². The average Bonchev–Trinajstić information content (AvgIpc) is 3.21. The lowest BCUT2D eigenvalue weighted by atomic mass is 10.1. The number of urea groups is 1. The molecule has 0 fully saturated rings. The Morgan fingerprint density at radius 3 is 2.63 bits per heavy atom. The van der Waals surface area contributed by atoms with E-state index in [2.05, 4.69) is 15.6 Å². The molecule has 0 radical (unpaired) electrons. The van der Waals surface area contributed by atoms with Gasteiger partial charge in [-0.25, -0.2) is 14.6 Å². The van der Waals surface area contributed by atoms with Crippen molar-refractivity contribution in [2.24, 2.45) is 0 Å². The number of nitrogens with one attached hydrogen (secondary N) is 2. The highest BCUT2D eigenvalue weighted by molar-refractivity contribution is 7.13. The fourth-order valence-electron chi connectivity index (χ4n) is 2.45. The molecule has 0 bridgehead atoms. The number of thiophene rings is 1. The van der Waals surface area contributed by atoms with Crippen LogP contribution in [0.1, 0.15) is 17.3 Å². The van der Waals surface area contributed by atoms with Crippen molar-refractivity contribution < 1.29 is 19.1 Å². The van der Waals surface area contributed by atoms with Crippen molar-refractivity contribution >= 4 is 40.1 Å². The number of nitrogens with zero attached hydrogens (tertiary/aromatic N) is 1. The van der Waals surface area contributed by atoms with Crippen LogP contribution in [-0.4, -0.2) is 36.0 Å². The molecule has 2 aromatic heterocycles. The normalized spacial score (nSPS) is 11.6. The van der Waals surface area contributed by atoms with Gasteiger partial charge in [-0.15, -0.1) is 11.3 Å². The van der Waals surface area contributed by atoms with Gasteiger partial charge in [-0.3, -0.25) is 10.1 Å². The predicted molar refractivity (Wildman–Crippen MR) is 103 cm³/mol. The minimum atomic E-state index is -1.13. The van der Waals surface area contributed by atoms with E-state index in [9.17, 15) is 14.4 Å². The molecule has 3 aromatic rings. The molecule has 7 nitrogen and oxygen atoms in total. The third-order valence-electron chi connectivity index (χ3n) is 3.83. The van der Waals surface area contributed by atoms with Crippen LogP contribution in [0.2, 0.25) is 0 Å². The summed E-state index contributed by atoms with van der Waals surface area (Å²) in [7, 11) is 1.38. The molecule has 8 heteroatoms. The monoisotopic (exact) mass is 383 g/mol. The topological polar surface area (TPSA) is 97.4 Å². The molecule has 3 amide bonds. The number of rotatable bonds is 4. The van der Waals surface area contributed by atoms with Gasteiger partial charge in [0.15, 0.2) is 6.10 Å². The predicted octanol–water partition coefficient (Wildman–Crippen LogP) is 2.96. The van der Waals surface area contributed by atoms with Crippen molar-refractivity contribution in [1.82, 2.24) is 15.6 Å². The van der Waals surface area contributed by atoms with Crippen LogP contribution in [0.3, 0.4) is 0 Å². The Bertz CT molecular complexity index is 1000. The summed E-state index contributed by atoms with van der Waals surface area (Å²) < 4.78 is 5.27. The highest BCUT2D eigenvalue weighted by Crippen LogP contribution is 2.28. The number of esters is 1. The summed E-state index contributed by atoms with van der Waals surface area (Å²) in [6.07, 6.45) is -1.13. The second-order valence-corrected chi connectivity index (χ2v) is 6.61. The number of imide groups is 1. The first kappa shape index (κ1) is 18.5. The van der Waals surface area contributed by atoms with E-state index in [-0.39, 0.29) is 0 Å². The van der Waals surface area contributed by atoms with E-state index in [1.807, 2.05) is 29.6 Å². The standard InChI is InChI=1S/C19H17N3O4S/c1-11(17(23)22-19(25)20-2)26-18(24)13-10-15(16-8-5-9-27-16)21-14-7-4-3-6-12(13)14/h3-11H,1-2H3,(H2,20,22,23,25)/t11-/m0/s1.